The van der Waals surface area contributed by atoms with E-state index in [0.717, 1.165) is 0 Å². The Morgan fingerprint density at radius 1 is 1.27 bits per heavy atom. The van der Waals surface area contributed by atoms with Gasteiger partial charge < -0.3 is 16.8 Å². The number of rotatable bonds is 7. The Morgan fingerprint density at radius 3 is 2.27 bits per heavy atom. The predicted octanol–water partition coefficient (Wildman–Crippen LogP) is -1.33. The molecule has 0 aromatic rings. The Labute approximate surface area is 88.4 Å². The van der Waals surface area contributed by atoms with Gasteiger partial charge in [0.2, 0.25) is 11.8 Å². The number of primary amides is 1. The van der Waals surface area contributed by atoms with Crippen molar-refractivity contribution in [1.82, 2.24) is 5.32 Å². The fourth-order valence-corrected chi connectivity index (χ4v) is 1.06. The zero-order chi connectivity index (χ0) is 11.8. The molecule has 0 unspecified atom stereocenters. The van der Waals surface area contributed by atoms with Gasteiger partial charge in [0.05, 0.1) is 6.04 Å². The van der Waals surface area contributed by atoms with E-state index in [0.29, 0.717) is 0 Å². The SMILES string of the molecule is CC(=O)[C@H](CCC(N)=O)NC(=O)CCN. The molecule has 6 nitrogen and oxygen atoms in total. The summed E-state index contributed by atoms with van der Waals surface area (Å²) in [6.45, 7) is 1.58. The van der Waals surface area contributed by atoms with Crippen LogP contribution >= 0.6 is 0 Å². The maximum Gasteiger partial charge on any atom is 0.221 e. The molecule has 15 heavy (non-hydrogen) atoms. The largest absolute Gasteiger partial charge is 0.370 e. The van der Waals surface area contributed by atoms with Crippen LogP contribution in [0.5, 0.6) is 0 Å². The van der Waals surface area contributed by atoms with E-state index in [1.54, 1.807) is 0 Å². The number of hydrogen-bond donors (Lipinski definition) is 3. The third-order valence-corrected chi connectivity index (χ3v) is 1.88. The lowest BCUT2D eigenvalue weighted by Gasteiger charge is -2.14. The molecule has 0 saturated carbocycles. The van der Waals surface area contributed by atoms with Crippen LogP contribution < -0.4 is 16.8 Å². The number of carbonyl (C=O) groups excluding carboxylic acids is 3. The number of carbonyl (C=O) groups is 3. The second kappa shape index (κ2) is 6.94. The van der Waals surface area contributed by atoms with E-state index in [1.807, 2.05) is 0 Å². The molecule has 86 valence electrons. The Kier molecular flexibility index (Phi) is 6.28. The first kappa shape index (κ1) is 13.6. The van der Waals surface area contributed by atoms with Gasteiger partial charge >= 0.3 is 0 Å². The normalized spacial score (nSPS) is 11.9. The molecule has 0 aliphatic carbocycles. The number of nitrogens with one attached hydrogen (secondary N) is 1. The van der Waals surface area contributed by atoms with Crippen molar-refractivity contribution in [3.63, 3.8) is 0 Å². The fraction of sp³-hybridized carbons (Fsp3) is 0.667. The molecule has 0 fully saturated rings. The number of Topliss-reactive ketones (excluding diaryl/α,β-unsaturated/α-hetero) is 1. The molecule has 0 aromatic heterocycles. The first-order valence-electron chi connectivity index (χ1n) is 4.75. The molecule has 0 saturated heterocycles. The first-order valence-corrected chi connectivity index (χ1v) is 4.75. The van der Waals surface area contributed by atoms with Crippen LogP contribution in [-0.4, -0.2) is 30.2 Å². The molecule has 0 aliphatic heterocycles. The molecule has 0 bridgehead atoms. The lowest BCUT2D eigenvalue weighted by Crippen LogP contribution is -2.41. The average Bonchev–Trinajstić information content (AvgIpc) is 2.11. The summed E-state index contributed by atoms with van der Waals surface area (Å²) in [6.07, 6.45) is 0.481. The number of amides is 2. The van der Waals surface area contributed by atoms with Crippen LogP contribution in [0.15, 0.2) is 0 Å². The minimum absolute atomic E-state index is 0.0765. The smallest absolute Gasteiger partial charge is 0.221 e. The number of ketones is 1. The minimum atomic E-state index is -0.642. The van der Waals surface area contributed by atoms with E-state index in [4.69, 9.17) is 11.5 Å². The quantitative estimate of drug-likeness (QED) is 0.488. The second-order valence-corrected chi connectivity index (χ2v) is 3.27. The summed E-state index contributed by atoms with van der Waals surface area (Å²) in [5.74, 6) is -0.974. The van der Waals surface area contributed by atoms with Crippen molar-refractivity contribution in [3.8, 4) is 0 Å². The molecule has 0 spiro atoms. The molecular weight excluding hydrogens is 198 g/mol. The summed E-state index contributed by atoms with van der Waals surface area (Å²) in [4.78, 5) is 32.8. The Hall–Kier alpha value is -1.43. The summed E-state index contributed by atoms with van der Waals surface area (Å²) in [7, 11) is 0. The van der Waals surface area contributed by atoms with Crippen molar-refractivity contribution in [3.05, 3.63) is 0 Å². The highest BCUT2D eigenvalue weighted by atomic mass is 16.2. The van der Waals surface area contributed by atoms with Gasteiger partial charge in [-0.1, -0.05) is 0 Å². The molecule has 2 amide bonds. The summed E-state index contributed by atoms with van der Waals surface area (Å²) >= 11 is 0. The van der Waals surface area contributed by atoms with Crippen LogP contribution in [0, 0.1) is 0 Å². The number of hydrogen-bond acceptors (Lipinski definition) is 4. The zero-order valence-corrected chi connectivity index (χ0v) is 8.79. The van der Waals surface area contributed by atoms with Crippen molar-refractivity contribution in [2.45, 2.75) is 32.2 Å². The van der Waals surface area contributed by atoms with Gasteiger partial charge in [0.15, 0.2) is 5.78 Å². The van der Waals surface area contributed by atoms with Gasteiger partial charge in [0.1, 0.15) is 0 Å². The van der Waals surface area contributed by atoms with Crippen molar-refractivity contribution in [2.75, 3.05) is 6.54 Å². The van der Waals surface area contributed by atoms with Crippen molar-refractivity contribution in [1.29, 1.82) is 0 Å². The van der Waals surface area contributed by atoms with Crippen molar-refractivity contribution < 1.29 is 14.4 Å². The van der Waals surface area contributed by atoms with E-state index >= 15 is 0 Å². The van der Waals surface area contributed by atoms with Crippen LogP contribution in [0.3, 0.4) is 0 Å². The van der Waals surface area contributed by atoms with Gasteiger partial charge in [-0.3, -0.25) is 14.4 Å². The van der Waals surface area contributed by atoms with Gasteiger partial charge in [0.25, 0.3) is 0 Å². The third-order valence-electron chi connectivity index (χ3n) is 1.88. The standard InChI is InChI=1S/C9H17N3O3/c1-6(13)7(2-3-8(11)14)12-9(15)4-5-10/h7H,2-5,10H2,1H3,(H2,11,14)(H,12,15)/t7-/m0/s1. The molecule has 0 heterocycles. The average molecular weight is 215 g/mol. The molecule has 0 aromatic carbocycles. The highest BCUT2D eigenvalue weighted by Crippen LogP contribution is 1.98. The topological polar surface area (TPSA) is 115 Å². The lowest BCUT2D eigenvalue weighted by atomic mass is 10.1. The van der Waals surface area contributed by atoms with Crippen LogP contribution in [0.2, 0.25) is 0 Å². The Bertz CT molecular complexity index is 253. The second-order valence-electron chi connectivity index (χ2n) is 3.27. The Morgan fingerprint density at radius 2 is 1.87 bits per heavy atom. The van der Waals surface area contributed by atoms with E-state index in [-0.39, 0.29) is 37.5 Å². The van der Waals surface area contributed by atoms with Gasteiger partial charge in [0, 0.05) is 19.4 Å². The molecule has 0 aliphatic rings. The van der Waals surface area contributed by atoms with Gasteiger partial charge in [-0.25, -0.2) is 0 Å². The van der Waals surface area contributed by atoms with Gasteiger partial charge in [-0.05, 0) is 13.3 Å². The lowest BCUT2D eigenvalue weighted by molar-refractivity contribution is -0.127. The summed E-state index contributed by atoms with van der Waals surface area (Å²) < 4.78 is 0. The fourth-order valence-electron chi connectivity index (χ4n) is 1.06. The minimum Gasteiger partial charge on any atom is -0.370 e. The number of nitrogens with two attached hydrogens (primary N) is 2. The van der Waals surface area contributed by atoms with E-state index in [2.05, 4.69) is 5.32 Å². The maximum absolute atomic E-state index is 11.1. The Balaban J connectivity index is 4.10. The van der Waals surface area contributed by atoms with Crippen LogP contribution in [0.25, 0.3) is 0 Å². The molecule has 1 atom stereocenters. The monoisotopic (exact) mass is 215 g/mol. The van der Waals surface area contributed by atoms with Crippen LogP contribution in [0.4, 0.5) is 0 Å². The maximum atomic E-state index is 11.1. The molecular formula is C9H17N3O3. The van der Waals surface area contributed by atoms with E-state index < -0.39 is 11.9 Å². The van der Waals surface area contributed by atoms with Gasteiger partial charge in [-0.2, -0.15) is 0 Å². The zero-order valence-electron chi connectivity index (χ0n) is 8.79. The van der Waals surface area contributed by atoms with Crippen LogP contribution in [0.1, 0.15) is 26.2 Å². The van der Waals surface area contributed by atoms with Crippen molar-refractivity contribution in [2.24, 2.45) is 11.5 Å². The highest BCUT2D eigenvalue weighted by molar-refractivity contribution is 5.88. The van der Waals surface area contributed by atoms with E-state index in [9.17, 15) is 14.4 Å². The first-order chi connectivity index (χ1) is 6.97. The van der Waals surface area contributed by atoms with E-state index in [1.165, 1.54) is 6.92 Å². The highest BCUT2D eigenvalue weighted by Gasteiger charge is 2.16. The predicted molar refractivity (Wildman–Crippen MR) is 54.7 cm³/mol. The third kappa shape index (κ3) is 6.62. The molecule has 0 rings (SSSR count). The van der Waals surface area contributed by atoms with Gasteiger partial charge in [-0.15, -0.1) is 0 Å². The summed E-state index contributed by atoms with van der Waals surface area (Å²) in [6, 6.07) is -0.642. The molecule has 0 radical (unpaired) electrons. The summed E-state index contributed by atoms with van der Waals surface area (Å²) in [5, 5.41) is 2.50. The molecule has 5 N–H and O–H groups in total. The van der Waals surface area contributed by atoms with Crippen LogP contribution in [-0.2, 0) is 14.4 Å². The van der Waals surface area contributed by atoms with Crippen molar-refractivity contribution >= 4 is 17.6 Å². The summed E-state index contributed by atoms with van der Waals surface area (Å²) in [5.41, 5.74) is 10.1. The molecule has 6 heteroatoms.